The van der Waals surface area contributed by atoms with Gasteiger partial charge in [0, 0.05) is 5.88 Å². The summed E-state index contributed by atoms with van der Waals surface area (Å²) in [4.78, 5) is 1.48. The van der Waals surface area contributed by atoms with Crippen molar-refractivity contribution in [3.63, 3.8) is 0 Å². The van der Waals surface area contributed by atoms with Crippen molar-refractivity contribution in [1.82, 2.24) is 4.90 Å². The van der Waals surface area contributed by atoms with E-state index < -0.39 is 12.7 Å². The lowest BCUT2D eigenvalue weighted by molar-refractivity contribution is -0.146. The van der Waals surface area contributed by atoms with E-state index in [4.69, 9.17) is 11.6 Å². The molecule has 0 aromatic carbocycles. The highest BCUT2D eigenvalue weighted by Gasteiger charge is 2.30. The van der Waals surface area contributed by atoms with Crippen molar-refractivity contribution in [1.29, 1.82) is 0 Å². The highest BCUT2D eigenvalue weighted by atomic mass is 35.5. The van der Waals surface area contributed by atoms with Crippen LogP contribution in [-0.2, 0) is 0 Å². The van der Waals surface area contributed by atoms with E-state index in [2.05, 4.69) is 0 Å². The lowest BCUT2D eigenvalue weighted by Crippen LogP contribution is -2.36. The molecule has 0 fully saturated rings. The van der Waals surface area contributed by atoms with Crippen LogP contribution in [0.25, 0.3) is 0 Å². The van der Waals surface area contributed by atoms with Gasteiger partial charge < -0.3 is 0 Å². The Morgan fingerprint density at radius 1 is 1.19 bits per heavy atom. The minimum absolute atomic E-state index is 0.394. The van der Waals surface area contributed by atoms with E-state index in [1.807, 2.05) is 13.8 Å². The van der Waals surface area contributed by atoms with E-state index in [9.17, 15) is 13.2 Å². The molecule has 0 saturated heterocycles. The summed E-state index contributed by atoms with van der Waals surface area (Å²) >= 11 is 5.59. The van der Waals surface area contributed by atoms with Gasteiger partial charge in [-0.1, -0.05) is 13.8 Å². The van der Waals surface area contributed by atoms with E-state index in [-0.39, 0.29) is 0 Å². The van der Waals surface area contributed by atoms with Crippen molar-refractivity contribution in [2.45, 2.75) is 39.3 Å². The minimum atomic E-state index is -4.09. The van der Waals surface area contributed by atoms with Crippen LogP contribution < -0.4 is 0 Å². The van der Waals surface area contributed by atoms with Gasteiger partial charge >= 0.3 is 6.18 Å². The third kappa shape index (κ3) is 9.28. The molecular weight excluding hydrogens is 239 g/mol. The number of alkyl halides is 4. The van der Waals surface area contributed by atoms with Crippen LogP contribution in [0.5, 0.6) is 0 Å². The molecule has 1 atom stereocenters. The first kappa shape index (κ1) is 16.0. The first-order chi connectivity index (χ1) is 7.39. The summed E-state index contributed by atoms with van der Waals surface area (Å²) in [6, 6.07) is 0. The molecule has 1 nitrogen and oxygen atoms in total. The molecule has 0 aliphatic carbocycles. The predicted molar refractivity (Wildman–Crippen MR) is 61.9 cm³/mol. The normalized spacial score (nSPS) is 14.4. The molecule has 0 aliphatic rings. The zero-order chi connectivity index (χ0) is 12.6. The smallest absolute Gasteiger partial charge is 0.295 e. The third-order valence-corrected chi connectivity index (χ3v) is 2.70. The van der Waals surface area contributed by atoms with Gasteiger partial charge in [-0.15, -0.1) is 11.6 Å². The SMILES string of the molecule is CCCN(CCC(C)CCCl)CC(F)(F)F. The fourth-order valence-electron chi connectivity index (χ4n) is 1.57. The maximum Gasteiger partial charge on any atom is 0.401 e. The van der Waals surface area contributed by atoms with E-state index in [0.29, 0.717) is 24.9 Å². The molecular formula is C11H21ClF3N. The highest BCUT2D eigenvalue weighted by molar-refractivity contribution is 6.17. The Morgan fingerprint density at radius 3 is 2.25 bits per heavy atom. The van der Waals surface area contributed by atoms with Crippen LogP contribution in [0.2, 0.25) is 0 Å². The van der Waals surface area contributed by atoms with Crippen molar-refractivity contribution >= 4 is 11.6 Å². The number of hydrogen-bond donors (Lipinski definition) is 0. The van der Waals surface area contributed by atoms with Gasteiger partial charge in [-0.3, -0.25) is 4.90 Å². The van der Waals surface area contributed by atoms with Gasteiger partial charge in [0.05, 0.1) is 6.54 Å². The minimum Gasteiger partial charge on any atom is -0.295 e. The van der Waals surface area contributed by atoms with Gasteiger partial charge in [-0.05, 0) is 38.3 Å². The summed E-state index contributed by atoms with van der Waals surface area (Å²) in [6.45, 7) is 4.14. The summed E-state index contributed by atoms with van der Waals surface area (Å²) in [7, 11) is 0. The van der Waals surface area contributed by atoms with Crippen molar-refractivity contribution in [2.75, 3.05) is 25.5 Å². The fraction of sp³-hybridized carbons (Fsp3) is 1.00. The molecule has 0 aromatic rings. The van der Waals surface area contributed by atoms with Crippen molar-refractivity contribution in [3.05, 3.63) is 0 Å². The Kier molecular flexibility index (Phi) is 8.20. The van der Waals surface area contributed by atoms with E-state index >= 15 is 0 Å². The monoisotopic (exact) mass is 259 g/mol. The number of nitrogens with zero attached hydrogens (tertiary/aromatic N) is 1. The Morgan fingerprint density at radius 2 is 1.81 bits per heavy atom. The third-order valence-electron chi connectivity index (χ3n) is 2.48. The number of rotatable bonds is 8. The first-order valence-electron chi connectivity index (χ1n) is 5.74. The second kappa shape index (κ2) is 8.18. The molecule has 98 valence electrons. The summed E-state index contributed by atoms with van der Waals surface area (Å²) < 4.78 is 36.7. The van der Waals surface area contributed by atoms with Crippen LogP contribution in [0.15, 0.2) is 0 Å². The molecule has 0 saturated carbocycles. The molecule has 0 radical (unpaired) electrons. The van der Waals surface area contributed by atoms with Gasteiger partial charge in [-0.25, -0.2) is 0 Å². The summed E-state index contributed by atoms with van der Waals surface area (Å²) in [6.07, 6.45) is -1.69. The molecule has 1 unspecified atom stereocenters. The average molecular weight is 260 g/mol. The molecule has 16 heavy (non-hydrogen) atoms. The fourth-order valence-corrected chi connectivity index (χ4v) is 1.95. The largest absolute Gasteiger partial charge is 0.401 e. The van der Waals surface area contributed by atoms with E-state index in [1.165, 1.54) is 4.90 Å². The van der Waals surface area contributed by atoms with Crippen molar-refractivity contribution < 1.29 is 13.2 Å². The summed E-state index contributed by atoms with van der Waals surface area (Å²) in [5.74, 6) is 0.971. The predicted octanol–water partition coefficient (Wildman–Crippen LogP) is 3.92. The lowest BCUT2D eigenvalue weighted by atomic mass is 10.0. The van der Waals surface area contributed by atoms with Crippen molar-refractivity contribution in [3.8, 4) is 0 Å². The molecule has 0 heterocycles. The Labute approximate surface area is 101 Å². The quantitative estimate of drug-likeness (QED) is 0.598. The van der Waals surface area contributed by atoms with Crippen LogP contribution in [0, 0.1) is 5.92 Å². The maximum atomic E-state index is 12.2. The molecule has 0 bridgehead atoms. The van der Waals surface area contributed by atoms with E-state index in [1.54, 1.807) is 0 Å². The molecule has 0 aliphatic heterocycles. The molecule has 0 spiro atoms. The van der Waals surface area contributed by atoms with Gasteiger partial charge in [-0.2, -0.15) is 13.2 Å². The zero-order valence-electron chi connectivity index (χ0n) is 9.99. The number of halogens is 4. The second-order valence-electron chi connectivity index (χ2n) is 4.26. The zero-order valence-corrected chi connectivity index (χ0v) is 10.7. The molecule has 0 aromatic heterocycles. The van der Waals surface area contributed by atoms with Crippen LogP contribution in [-0.4, -0.2) is 36.6 Å². The summed E-state index contributed by atoms with van der Waals surface area (Å²) in [5, 5.41) is 0. The lowest BCUT2D eigenvalue weighted by Gasteiger charge is -2.24. The molecule has 0 amide bonds. The Balaban J connectivity index is 3.93. The Bertz CT molecular complexity index is 173. The number of hydrogen-bond acceptors (Lipinski definition) is 1. The Hall–Kier alpha value is 0.0400. The first-order valence-corrected chi connectivity index (χ1v) is 6.27. The standard InChI is InChI=1S/C11H21ClF3N/c1-3-7-16(9-11(13,14)15)8-5-10(2)4-6-12/h10H,3-9H2,1-2H3. The van der Waals surface area contributed by atoms with Gasteiger partial charge in [0.1, 0.15) is 0 Å². The van der Waals surface area contributed by atoms with Crippen LogP contribution in [0.1, 0.15) is 33.1 Å². The highest BCUT2D eigenvalue weighted by Crippen LogP contribution is 2.18. The van der Waals surface area contributed by atoms with Gasteiger partial charge in [0.2, 0.25) is 0 Å². The van der Waals surface area contributed by atoms with Gasteiger partial charge in [0.15, 0.2) is 0 Å². The van der Waals surface area contributed by atoms with E-state index in [0.717, 1.165) is 19.3 Å². The molecule has 0 rings (SSSR count). The summed E-state index contributed by atoms with van der Waals surface area (Å²) in [5.41, 5.74) is 0. The van der Waals surface area contributed by atoms with Crippen LogP contribution in [0.4, 0.5) is 13.2 Å². The van der Waals surface area contributed by atoms with Crippen molar-refractivity contribution in [2.24, 2.45) is 5.92 Å². The average Bonchev–Trinajstić information content (AvgIpc) is 2.13. The molecule has 5 heteroatoms. The second-order valence-corrected chi connectivity index (χ2v) is 4.64. The van der Waals surface area contributed by atoms with Crippen LogP contribution in [0.3, 0.4) is 0 Å². The maximum absolute atomic E-state index is 12.2. The topological polar surface area (TPSA) is 3.24 Å². The van der Waals surface area contributed by atoms with Crippen LogP contribution >= 0.6 is 11.6 Å². The van der Waals surface area contributed by atoms with Gasteiger partial charge in [0.25, 0.3) is 0 Å². The molecule has 0 N–H and O–H groups in total.